The molecule has 1 aromatic carbocycles. The molecule has 1 aromatic rings. The van der Waals surface area contributed by atoms with Crippen LogP contribution in [0.15, 0.2) is 30.3 Å². The van der Waals surface area contributed by atoms with Crippen molar-refractivity contribution < 1.29 is 9.90 Å². The van der Waals surface area contributed by atoms with Gasteiger partial charge in [0.05, 0.1) is 11.5 Å². The Morgan fingerprint density at radius 2 is 1.94 bits per heavy atom. The fraction of sp³-hybridized carbons (Fsp3) is 0.533. The van der Waals surface area contributed by atoms with Gasteiger partial charge < -0.3 is 10.4 Å². The zero-order valence-corrected chi connectivity index (χ0v) is 11.0. The van der Waals surface area contributed by atoms with Gasteiger partial charge in [-0.2, -0.15) is 0 Å². The quantitative estimate of drug-likeness (QED) is 0.836. The Balaban J connectivity index is 2.01. The fourth-order valence-corrected chi connectivity index (χ4v) is 2.46. The first-order valence-corrected chi connectivity index (χ1v) is 6.59. The Bertz CT molecular complexity index is 410. The van der Waals surface area contributed by atoms with Gasteiger partial charge in [0.1, 0.15) is 0 Å². The van der Waals surface area contributed by atoms with Crippen molar-refractivity contribution in [2.45, 2.75) is 50.7 Å². The maximum absolute atomic E-state index is 12.3. The van der Waals surface area contributed by atoms with Gasteiger partial charge in [-0.3, -0.25) is 4.79 Å². The molecule has 2 N–H and O–H groups in total. The molecule has 2 unspecified atom stereocenters. The number of benzene rings is 1. The minimum absolute atomic E-state index is 0.0127. The van der Waals surface area contributed by atoms with E-state index in [1.54, 1.807) is 6.92 Å². The van der Waals surface area contributed by atoms with Crippen molar-refractivity contribution in [1.29, 1.82) is 0 Å². The molecule has 98 valence electrons. The molecule has 0 bridgehead atoms. The summed E-state index contributed by atoms with van der Waals surface area (Å²) in [4.78, 5) is 12.3. The second-order valence-corrected chi connectivity index (χ2v) is 5.41. The Morgan fingerprint density at radius 3 is 2.44 bits per heavy atom. The summed E-state index contributed by atoms with van der Waals surface area (Å²) in [5.41, 5.74) is 0.792. The van der Waals surface area contributed by atoms with Gasteiger partial charge in [-0.1, -0.05) is 30.3 Å². The van der Waals surface area contributed by atoms with Crippen LogP contribution in [-0.4, -0.2) is 23.2 Å². The van der Waals surface area contributed by atoms with Gasteiger partial charge in [0.2, 0.25) is 5.91 Å². The molecule has 0 aliphatic heterocycles. The highest BCUT2D eigenvalue weighted by molar-refractivity contribution is 5.91. The molecule has 0 radical (unpaired) electrons. The lowest BCUT2D eigenvalue weighted by Gasteiger charge is -2.20. The highest BCUT2D eigenvalue weighted by Crippen LogP contribution is 2.48. The SMILES string of the molecule is CC(O)CC(C)NC(=O)C1(c2ccccc2)CC1. The lowest BCUT2D eigenvalue weighted by Crippen LogP contribution is -2.41. The summed E-state index contributed by atoms with van der Waals surface area (Å²) in [6.45, 7) is 3.68. The number of nitrogens with one attached hydrogen (secondary N) is 1. The van der Waals surface area contributed by atoms with Gasteiger partial charge in [-0.15, -0.1) is 0 Å². The van der Waals surface area contributed by atoms with Crippen molar-refractivity contribution in [2.75, 3.05) is 0 Å². The van der Waals surface area contributed by atoms with Crippen molar-refractivity contribution in [2.24, 2.45) is 0 Å². The average molecular weight is 247 g/mol. The molecule has 2 atom stereocenters. The fourth-order valence-electron chi connectivity index (χ4n) is 2.46. The lowest BCUT2D eigenvalue weighted by atomic mass is 9.94. The van der Waals surface area contributed by atoms with E-state index in [0.717, 1.165) is 18.4 Å². The predicted octanol–water partition coefficient (Wildman–Crippen LogP) is 1.99. The minimum Gasteiger partial charge on any atom is -0.393 e. The first-order valence-electron chi connectivity index (χ1n) is 6.59. The summed E-state index contributed by atoms with van der Waals surface area (Å²) in [6.07, 6.45) is 2.05. The van der Waals surface area contributed by atoms with Gasteiger partial charge in [-0.25, -0.2) is 0 Å². The van der Waals surface area contributed by atoms with E-state index in [1.165, 1.54) is 0 Å². The van der Waals surface area contributed by atoms with Crippen LogP contribution in [0.2, 0.25) is 0 Å². The van der Waals surface area contributed by atoms with Gasteiger partial charge in [-0.05, 0) is 38.7 Å². The van der Waals surface area contributed by atoms with Gasteiger partial charge >= 0.3 is 0 Å². The molecule has 1 saturated carbocycles. The molecule has 0 heterocycles. The molecule has 2 rings (SSSR count). The normalized spacial score (nSPS) is 19.9. The highest BCUT2D eigenvalue weighted by Gasteiger charge is 2.51. The smallest absolute Gasteiger partial charge is 0.230 e. The molecule has 0 saturated heterocycles. The number of aliphatic hydroxyl groups is 1. The van der Waals surface area contributed by atoms with E-state index in [1.807, 2.05) is 37.3 Å². The third kappa shape index (κ3) is 2.72. The summed E-state index contributed by atoms with van der Waals surface area (Å²) in [5.74, 6) is 0.0989. The Labute approximate surface area is 108 Å². The maximum atomic E-state index is 12.3. The van der Waals surface area contributed by atoms with Crippen LogP contribution in [0.5, 0.6) is 0 Å². The van der Waals surface area contributed by atoms with E-state index in [0.29, 0.717) is 6.42 Å². The maximum Gasteiger partial charge on any atom is 0.230 e. The summed E-state index contributed by atoms with van der Waals surface area (Å²) < 4.78 is 0. The number of hydrogen-bond acceptors (Lipinski definition) is 2. The molecule has 0 spiro atoms. The van der Waals surface area contributed by atoms with Gasteiger partial charge in [0.25, 0.3) is 0 Å². The van der Waals surface area contributed by atoms with Crippen molar-refractivity contribution in [1.82, 2.24) is 5.32 Å². The number of rotatable bonds is 5. The molecule has 1 amide bonds. The van der Waals surface area contributed by atoms with Crippen LogP contribution in [0.25, 0.3) is 0 Å². The Kier molecular flexibility index (Phi) is 3.71. The van der Waals surface area contributed by atoms with Crippen LogP contribution in [0.1, 0.15) is 38.7 Å². The summed E-state index contributed by atoms with van der Waals surface area (Å²) in [6, 6.07) is 9.97. The lowest BCUT2D eigenvalue weighted by molar-refractivity contribution is -0.124. The van der Waals surface area contributed by atoms with Crippen molar-refractivity contribution in [3.05, 3.63) is 35.9 Å². The molecule has 3 heteroatoms. The van der Waals surface area contributed by atoms with Crippen LogP contribution in [0.4, 0.5) is 0 Å². The largest absolute Gasteiger partial charge is 0.393 e. The second-order valence-electron chi connectivity index (χ2n) is 5.41. The molecule has 0 aromatic heterocycles. The number of aliphatic hydroxyl groups excluding tert-OH is 1. The molecule has 1 aliphatic rings. The van der Waals surface area contributed by atoms with Crippen molar-refractivity contribution in [3.63, 3.8) is 0 Å². The van der Waals surface area contributed by atoms with E-state index < -0.39 is 0 Å². The predicted molar refractivity (Wildman–Crippen MR) is 71.3 cm³/mol. The van der Waals surface area contributed by atoms with Crippen LogP contribution >= 0.6 is 0 Å². The van der Waals surface area contributed by atoms with E-state index in [4.69, 9.17) is 0 Å². The van der Waals surface area contributed by atoms with Crippen LogP contribution in [0.3, 0.4) is 0 Å². The number of amides is 1. The minimum atomic E-state index is -0.382. The van der Waals surface area contributed by atoms with Crippen LogP contribution < -0.4 is 5.32 Å². The third-order valence-corrected chi connectivity index (χ3v) is 3.58. The average Bonchev–Trinajstić information content (AvgIpc) is 3.10. The Hall–Kier alpha value is -1.35. The first-order chi connectivity index (χ1) is 8.54. The van der Waals surface area contributed by atoms with Crippen LogP contribution in [0, 0.1) is 0 Å². The zero-order chi connectivity index (χ0) is 13.2. The zero-order valence-electron chi connectivity index (χ0n) is 11.0. The molecular formula is C15H21NO2. The van der Waals surface area contributed by atoms with Crippen molar-refractivity contribution in [3.8, 4) is 0 Å². The number of hydrogen-bond donors (Lipinski definition) is 2. The summed E-state index contributed by atoms with van der Waals surface area (Å²) in [5, 5.41) is 12.3. The number of carbonyl (C=O) groups is 1. The van der Waals surface area contributed by atoms with Crippen LogP contribution in [-0.2, 0) is 10.2 Å². The first kappa shape index (κ1) is 13.1. The topological polar surface area (TPSA) is 49.3 Å². The monoisotopic (exact) mass is 247 g/mol. The highest BCUT2D eigenvalue weighted by atomic mass is 16.3. The second kappa shape index (κ2) is 5.11. The standard InChI is InChI=1S/C15H21NO2/c1-11(10-12(2)17)16-14(18)15(8-9-15)13-6-4-3-5-7-13/h3-7,11-12,17H,8-10H2,1-2H3,(H,16,18). The molecule has 1 fully saturated rings. The molecule has 1 aliphatic carbocycles. The van der Waals surface area contributed by atoms with E-state index in [2.05, 4.69) is 5.32 Å². The van der Waals surface area contributed by atoms with E-state index in [9.17, 15) is 9.90 Å². The molecule has 18 heavy (non-hydrogen) atoms. The van der Waals surface area contributed by atoms with Gasteiger partial charge in [0.15, 0.2) is 0 Å². The third-order valence-electron chi connectivity index (χ3n) is 3.58. The number of carbonyl (C=O) groups excluding carboxylic acids is 1. The van der Waals surface area contributed by atoms with E-state index in [-0.39, 0.29) is 23.5 Å². The molecular weight excluding hydrogens is 226 g/mol. The summed E-state index contributed by atoms with van der Waals surface area (Å²) >= 11 is 0. The molecule has 3 nitrogen and oxygen atoms in total. The summed E-state index contributed by atoms with van der Waals surface area (Å²) in [7, 11) is 0. The van der Waals surface area contributed by atoms with Crippen molar-refractivity contribution >= 4 is 5.91 Å². The van der Waals surface area contributed by atoms with E-state index >= 15 is 0 Å². The van der Waals surface area contributed by atoms with Gasteiger partial charge in [0, 0.05) is 6.04 Å². The Morgan fingerprint density at radius 1 is 1.33 bits per heavy atom.